The van der Waals surface area contributed by atoms with Gasteiger partial charge in [-0.3, -0.25) is 9.59 Å². The molecule has 1 atom stereocenters. The average molecular weight is 415 g/mol. The number of nitrogens with two attached hydrogens (primary N) is 1. The van der Waals surface area contributed by atoms with Crippen molar-refractivity contribution in [1.82, 2.24) is 0 Å². The molecule has 0 radical (unpaired) electrons. The molecule has 0 saturated carbocycles. The van der Waals surface area contributed by atoms with E-state index in [4.69, 9.17) is 5.73 Å². The molecule has 0 bridgehead atoms. The molecule has 29 heavy (non-hydrogen) atoms. The lowest BCUT2D eigenvalue weighted by Crippen LogP contribution is -2.29. The number of nitrogens with one attached hydrogen (secondary N) is 1. The summed E-state index contributed by atoms with van der Waals surface area (Å²) in [4.78, 5) is 25.6. The van der Waals surface area contributed by atoms with Crippen molar-refractivity contribution in [2.45, 2.75) is 46.5 Å². The monoisotopic (exact) mass is 414 g/mol. The van der Waals surface area contributed by atoms with Gasteiger partial charge in [-0.2, -0.15) is 0 Å². The fourth-order valence-electron chi connectivity index (χ4n) is 3.79. The smallest absolute Gasteiger partial charge is 0.251 e. The first-order chi connectivity index (χ1) is 13.7. The first-order valence-electron chi connectivity index (χ1n) is 9.90. The van der Waals surface area contributed by atoms with Crippen LogP contribution in [0, 0.1) is 17.2 Å². The molecule has 154 valence electrons. The number of hydrogen-bond acceptors (Lipinski definition) is 3. The predicted molar refractivity (Wildman–Crippen MR) is 116 cm³/mol. The van der Waals surface area contributed by atoms with E-state index in [2.05, 4.69) is 26.1 Å². The molecule has 1 aromatic carbocycles. The van der Waals surface area contributed by atoms with E-state index in [9.17, 15) is 14.0 Å². The molecule has 0 saturated heterocycles. The lowest BCUT2D eigenvalue weighted by Gasteiger charge is -2.36. The van der Waals surface area contributed by atoms with Crippen LogP contribution in [-0.2, 0) is 17.6 Å². The van der Waals surface area contributed by atoms with E-state index in [1.807, 2.05) is 0 Å². The second-order valence-corrected chi connectivity index (χ2v) is 9.33. The largest absolute Gasteiger partial charge is 0.365 e. The van der Waals surface area contributed by atoms with E-state index in [1.165, 1.54) is 29.5 Å². The molecule has 1 aliphatic carbocycles. The Labute approximate surface area is 175 Å². The van der Waals surface area contributed by atoms with Crippen molar-refractivity contribution in [3.8, 4) is 0 Å². The van der Waals surface area contributed by atoms with Crippen LogP contribution < -0.4 is 11.1 Å². The normalized spacial score (nSPS) is 16.6. The molecule has 0 unspecified atom stereocenters. The summed E-state index contributed by atoms with van der Waals surface area (Å²) >= 11 is 1.46. The Morgan fingerprint density at radius 3 is 2.62 bits per heavy atom. The van der Waals surface area contributed by atoms with Crippen LogP contribution in [0.5, 0.6) is 0 Å². The van der Waals surface area contributed by atoms with Crippen LogP contribution in [0.2, 0.25) is 0 Å². The topological polar surface area (TPSA) is 72.2 Å². The van der Waals surface area contributed by atoms with Gasteiger partial charge < -0.3 is 11.1 Å². The van der Waals surface area contributed by atoms with E-state index in [0.717, 1.165) is 36.1 Å². The number of amides is 2. The highest BCUT2D eigenvalue weighted by Gasteiger charge is 2.34. The van der Waals surface area contributed by atoms with Crippen molar-refractivity contribution in [2.24, 2.45) is 17.1 Å². The van der Waals surface area contributed by atoms with Crippen molar-refractivity contribution in [3.05, 3.63) is 57.7 Å². The van der Waals surface area contributed by atoms with Crippen molar-refractivity contribution < 1.29 is 14.0 Å². The van der Waals surface area contributed by atoms with Crippen LogP contribution in [0.25, 0.3) is 6.08 Å². The number of benzene rings is 1. The number of rotatable bonds is 6. The van der Waals surface area contributed by atoms with Gasteiger partial charge in [0.25, 0.3) is 5.91 Å². The molecule has 0 spiro atoms. The Morgan fingerprint density at radius 2 is 2.00 bits per heavy atom. The third-order valence-electron chi connectivity index (χ3n) is 6.06. The Bertz CT molecular complexity index is 945. The SMILES string of the molecule is CCC(C)(C)[C@@H]1CCc2c(sc(NC(=O)/C=C/c3ccc(F)cc3)c2C(N)=O)C1. The summed E-state index contributed by atoms with van der Waals surface area (Å²) < 4.78 is 13.0. The zero-order valence-corrected chi connectivity index (χ0v) is 17.9. The summed E-state index contributed by atoms with van der Waals surface area (Å²) in [6.07, 6.45) is 6.80. The van der Waals surface area contributed by atoms with Crippen LogP contribution in [0.3, 0.4) is 0 Å². The fraction of sp³-hybridized carbons (Fsp3) is 0.391. The van der Waals surface area contributed by atoms with Gasteiger partial charge in [0.1, 0.15) is 10.8 Å². The van der Waals surface area contributed by atoms with Crippen molar-refractivity contribution >= 4 is 34.2 Å². The second kappa shape index (κ2) is 8.49. The molecule has 4 nitrogen and oxygen atoms in total. The molecule has 0 aliphatic heterocycles. The van der Waals surface area contributed by atoms with Crippen LogP contribution in [0.4, 0.5) is 9.39 Å². The molecular weight excluding hydrogens is 387 g/mol. The molecule has 3 N–H and O–H groups in total. The van der Waals surface area contributed by atoms with E-state index in [0.29, 0.717) is 22.0 Å². The van der Waals surface area contributed by atoms with Gasteiger partial charge in [0.2, 0.25) is 5.91 Å². The summed E-state index contributed by atoms with van der Waals surface area (Å²) in [7, 11) is 0. The third-order valence-corrected chi connectivity index (χ3v) is 7.23. The molecule has 1 heterocycles. The number of thiophene rings is 1. The number of primary amides is 1. The molecule has 3 rings (SSSR count). The number of carbonyl (C=O) groups is 2. The number of fused-ring (bicyclic) bond motifs is 1. The minimum atomic E-state index is -0.506. The molecule has 0 fully saturated rings. The van der Waals surface area contributed by atoms with Gasteiger partial charge in [-0.1, -0.05) is 39.3 Å². The fourth-order valence-corrected chi connectivity index (χ4v) is 5.13. The second-order valence-electron chi connectivity index (χ2n) is 8.23. The van der Waals surface area contributed by atoms with Gasteiger partial charge in [-0.25, -0.2) is 4.39 Å². The van der Waals surface area contributed by atoms with Gasteiger partial charge in [0, 0.05) is 11.0 Å². The number of hydrogen-bond donors (Lipinski definition) is 2. The lowest BCUT2D eigenvalue weighted by atomic mass is 9.69. The summed E-state index contributed by atoms with van der Waals surface area (Å²) in [6.45, 7) is 6.78. The lowest BCUT2D eigenvalue weighted by molar-refractivity contribution is -0.111. The first kappa shape index (κ1) is 21.2. The van der Waals surface area contributed by atoms with Crippen LogP contribution >= 0.6 is 11.3 Å². The van der Waals surface area contributed by atoms with E-state index in [-0.39, 0.29) is 17.1 Å². The van der Waals surface area contributed by atoms with Gasteiger partial charge in [-0.05, 0) is 59.9 Å². The minimum absolute atomic E-state index is 0.232. The zero-order valence-electron chi connectivity index (χ0n) is 17.0. The van der Waals surface area contributed by atoms with Gasteiger partial charge in [0.05, 0.1) is 5.56 Å². The Balaban J connectivity index is 1.80. The molecule has 2 aromatic rings. The molecule has 1 aliphatic rings. The highest BCUT2D eigenvalue weighted by Crippen LogP contribution is 2.45. The van der Waals surface area contributed by atoms with Crippen LogP contribution in [-0.4, -0.2) is 11.8 Å². The molecular formula is C23H27FN2O2S. The maximum atomic E-state index is 13.0. The number of anilines is 1. The summed E-state index contributed by atoms with van der Waals surface area (Å²) in [5.41, 5.74) is 8.03. The summed E-state index contributed by atoms with van der Waals surface area (Å²) in [6, 6.07) is 5.86. The summed E-state index contributed by atoms with van der Waals surface area (Å²) in [5.74, 6) is -0.637. The number of carbonyl (C=O) groups excluding carboxylic acids is 2. The molecule has 2 amide bonds. The van der Waals surface area contributed by atoms with E-state index < -0.39 is 5.91 Å². The molecule has 6 heteroatoms. The van der Waals surface area contributed by atoms with Crippen LogP contribution in [0.15, 0.2) is 30.3 Å². The Morgan fingerprint density at radius 1 is 1.31 bits per heavy atom. The Hall–Kier alpha value is -2.47. The standard InChI is InChI=1S/C23H27FN2O2S/c1-4-23(2,3)15-8-11-17-18(13-15)29-22(20(17)21(25)28)26-19(27)12-7-14-5-9-16(24)10-6-14/h5-7,9-10,12,15H,4,8,11,13H2,1-3H3,(H2,25,28)(H,26,27)/b12-7+/t15-/m1/s1. The Kier molecular flexibility index (Phi) is 6.22. The maximum absolute atomic E-state index is 13.0. The highest BCUT2D eigenvalue weighted by molar-refractivity contribution is 7.17. The predicted octanol–water partition coefficient (Wildman–Crippen LogP) is 5.18. The third kappa shape index (κ3) is 4.75. The maximum Gasteiger partial charge on any atom is 0.251 e. The van der Waals surface area contributed by atoms with Crippen molar-refractivity contribution in [1.29, 1.82) is 0 Å². The first-order valence-corrected chi connectivity index (χ1v) is 10.7. The quantitative estimate of drug-likeness (QED) is 0.639. The average Bonchev–Trinajstić information content (AvgIpc) is 3.04. The van der Waals surface area contributed by atoms with Gasteiger partial charge >= 0.3 is 0 Å². The van der Waals surface area contributed by atoms with Crippen molar-refractivity contribution in [2.75, 3.05) is 5.32 Å². The van der Waals surface area contributed by atoms with E-state index in [1.54, 1.807) is 18.2 Å². The number of halogens is 1. The van der Waals surface area contributed by atoms with Crippen molar-refractivity contribution in [3.63, 3.8) is 0 Å². The summed E-state index contributed by atoms with van der Waals surface area (Å²) in [5, 5.41) is 3.34. The zero-order chi connectivity index (χ0) is 21.2. The van der Waals surface area contributed by atoms with Gasteiger partial charge in [-0.15, -0.1) is 11.3 Å². The van der Waals surface area contributed by atoms with Crippen LogP contribution in [0.1, 0.15) is 60.0 Å². The van der Waals surface area contributed by atoms with Gasteiger partial charge in [0.15, 0.2) is 0 Å². The minimum Gasteiger partial charge on any atom is -0.365 e. The molecule has 1 aromatic heterocycles. The van der Waals surface area contributed by atoms with E-state index >= 15 is 0 Å². The highest BCUT2D eigenvalue weighted by atomic mass is 32.1.